The van der Waals surface area contributed by atoms with Crippen molar-refractivity contribution in [2.24, 2.45) is 0 Å². The summed E-state index contributed by atoms with van der Waals surface area (Å²) in [5, 5.41) is 2.43. The summed E-state index contributed by atoms with van der Waals surface area (Å²) in [6.07, 6.45) is 0. The number of halogens is 1. The second kappa shape index (κ2) is 6.85. The van der Waals surface area contributed by atoms with E-state index in [0.717, 1.165) is 10.0 Å². The van der Waals surface area contributed by atoms with Gasteiger partial charge in [-0.2, -0.15) is 0 Å². The Bertz CT molecular complexity index is 1020. The SMILES string of the molecule is Cc1ccccc1NC(=O)c1ccc(S(=O)(=O)c2ccc(Br)cc2)o1. The third-order valence-electron chi connectivity index (χ3n) is 3.59. The molecule has 0 spiro atoms. The van der Waals surface area contributed by atoms with Gasteiger partial charge >= 0.3 is 0 Å². The molecule has 0 aliphatic heterocycles. The fourth-order valence-electron chi connectivity index (χ4n) is 2.21. The zero-order valence-corrected chi connectivity index (χ0v) is 15.6. The van der Waals surface area contributed by atoms with Crippen molar-refractivity contribution in [1.29, 1.82) is 0 Å². The lowest BCUT2D eigenvalue weighted by molar-refractivity contribution is 0.0991. The van der Waals surface area contributed by atoms with Gasteiger partial charge in [-0.25, -0.2) is 8.42 Å². The minimum absolute atomic E-state index is 0.0704. The Hall–Kier alpha value is -2.38. The van der Waals surface area contributed by atoms with Crippen LogP contribution in [0.4, 0.5) is 5.69 Å². The summed E-state index contributed by atoms with van der Waals surface area (Å²) in [6, 6.07) is 16.1. The van der Waals surface area contributed by atoms with Gasteiger partial charge in [0.05, 0.1) is 4.90 Å². The Balaban J connectivity index is 1.85. The number of anilines is 1. The molecule has 0 saturated heterocycles. The van der Waals surface area contributed by atoms with E-state index in [1.807, 2.05) is 19.1 Å². The number of hydrogen-bond acceptors (Lipinski definition) is 4. The first-order chi connectivity index (χ1) is 11.9. The Kier molecular flexibility index (Phi) is 4.78. The third-order valence-corrected chi connectivity index (χ3v) is 5.76. The lowest BCUT2D eigenvalue weighted by atomic mass is 10.2. The highest BCUT2D eigenvalue weighted by molar-refractivity contribution is 9.10. The van der Waals surface area contributed by atoms with Crippen LogP contribution in [0, 0.1) is 6.92 Å². The van der Waals surface area contributed by atoms with Crippen molar-refractivity contribution in [1.82, 2.24) is 0 Å². The smallest absolute Gasteiger partial charge is 0.291 e. The van der Waals surface area contributed by atoms with Crippen LogP contribution >= 0.6 is 15.9 Å². The molecule has 0 aliphatic rings. The number of rotatable bonds is 4. The van der Waals surface area contributed by atoms with E-state index >= 15 is 0 Å². The maximum absolute atomic E-state index is 12.6. The van der Waals surface area contributed by atoms with Crippen molar-refractivity contribution in [3.05, 3.63) is 76.5 Å². The van der Waals surface area contributed by atoms with E-state index in [0.29, 0.717) is 5.69 Å². The van der Waals surface area contributed by atoms with Gasteiger partial charge in [0.2, 0.25) is 14.9 Å². The Morgan fingerprint density at radius 1 is 1.00 bits per heavy atom. The van der Waals surface area contributed by atoms with Gasteiger partial charge in [0.1, 0.15) is 0 Å². The zero-order valence-electron chi connectivity index (χ0n) is 13.2. The van der Waals surface area contributed by atoms with Crippen LogP contribution in [0.25, 0.3) is 0 Å². The van der Waals surface area contributed by atoms with E-state index in [1.165, 1.54) is 24.3 Å². The molecule has 0 saturated carbocycles. The quantitative estimate of drug-likeness (QED) is 0.677. The molecule has 3 rings (SSSR count). The molecule has 0 fully saturated rings. The molecule has 1 aromatic heterocycles. The predicted octanol–water partition coefficient (Wildman–Crippen LogP) is 4.44. The molecule has 0 unspecified atom stereocenters. The number of carbonyl (C=O) groups excluding carboxylic acids is 1. The molecule has 2 aromatic carbocycles. The molecular weight excluding hydrogens is 406 g/mol. The summed E-state index contributed by atoms with van der Waals surface area (Å²) >= 11 is 3.26. The lowest BCUT2D eigenvalue weighted by Crippen LogP contribution is -2.11. The van der Waals surface area contributed by atoms with Gasteiger partial charge in [0.15, 0.2) is 5.76 Å². The van der Waals surface area contributed by atoms with E-state index in [4.69, 9.17) is 4.42 Å². The van der Waals surface area contributed by atoms with Crippen molar-refractivity contribution in [3.8, 4) is 0 Å². The Labute approximate surface area is 153 Å². The second-order valence-corrected chi connectivity index (χ2v) is 8.14. The summed E-state index contributed by atoms with van der Waals surface area (Å²) in [7, 11) is -3.82. The molecule has 128 valence electrons. The first-order valence-electron chi connectivity index (χ1n) is 7.35. The van der Waals surface area contributed by atoms with Crippen LogP contribution in [0.3, 0.4) is 0 Å². The minimum Gasteiger partial charge on any atom is -0.439 e. The van der Waals surface area contributed by atoms with Gasteiger partial charge in [-0.3, -0.25) is 4.79 Å². The molecule has 0 bridgehead atoms. The number of carbonyl (C=O) groups is 1. The Morgan fingerprint density at radius 2 is 1.68 bits per heavy atom. The minimum atomic E-state index is -3.82. The normalized spacial score (nSPS) is 11.3. The number of amides is 1. The summed E-state index contributed by atoms with van der Waals surface area (Å²) in [4.78, 5) is 12.4. The topological polar surface area (TPSA) is 76.4 Å². The van der Waals surface area contributed by atoms with Crippen LogP contribution < -0.4 is 5.32 Å². The number of hydrogen-bond donors (Lipinski definition) is 1. The molecule has 5 nitrogen and oxygen atoms in total. The highest BCUT2D eigenvalue weighted by Gasteiger charge is 2.23. The van der Waals surface area contributed by atoms with Crippen LogP contribution in [0.5, 0.6) is 0 Å². The maximum Gasteiger partial charge on any atom is 0.291 e. The average Bonchev–Trinajstić information content (AvgIpc) is 3.08. The van der Waals surface area contributed by atoms with Crippen LogP contribution in [0.2, 0.25) is 0 Å². The lowest BCUT2D eigenvalue weighted by Gasteiger charge is -2.06. The number of furan rings is 1. The highest BCUT2D eigenvalue weighted by Crippen LogP contribution is 2.25. The molecule has 25 heavy (non-hydrogen) atoms. The van der Waals surface area contributed by atoms with Gasteiger partial charge in [-0.1, -0.05) is 34.1 Å². The van der Waals surface area contributed by atoms with E-state index in [1.54, 1.807) is 24.3 Å². The average molecular weight is 420 g/mol. The Morgan fingerprint density at radius 3 is 2.36 bits per heavy atom. The molecule has 7 heteroatoms. The molecular formula is C18H14BrNO4S. The van der Waals surface area contributed by atoms with Gasteiger partial charge in [-0.15, -0.1) is 0 Å². The summed E-state index contributed by atoms with van der Waals surface area (Å²) in [5.74, 6) is -0.578. The first kappa shape index (κ1) is 17.4. The summed E-state index contributed by atoms with van der Waals surface area (Å²) < 4.78 is 31.2. The largest absolute Gasteiger partial charge is 0.439 e. The van der Waals surface area contributed by atoms with Gasteiger partial charge < -0.3 is 9.73 Å². The van der Waals surface area contributed by atoms with E-state index in [-0.39, 0.29) is 15.7 Å². The number of nitrogens with one attached hydrogen (secondary N) is 1. The van der Waals surface area contributed by atoms with Crippen molar-refractivity contribution in [2.75, 3.05) is 5.32 Å². The fraction of sp³-hybridized carbons (Fsp3) is 0.0556. The van der Waals surface area contributed by atoms with Crippen LogP contribution in [0.1, 0.15) is 16.1 Å². The van der Waals surface area contributed by atoms with Crippen LogP contribution in [-0.4, -0.2) is 14.3 Å². The van der Waals surface area contributed by atoms with Crippen molar-refractivity contribution in [2.45, 2.75) is 16.9 Å². The molecule has 1 amide bonds. The number of sulfone groups is 1. The predicted molar refractivity (Wildman–Crippen MR) is 97.4 cm³/mol. The standard InChI is InChI=1S/C18H14BrNO4S/c1-12-4-2-3-5-15(12)20-18(21)16-10-11-17(24-16)25(22,23)14-8-6-13(19)7-9-14/h2-11H,1H3,(H,20,21). The van der Waals surface area contributed by atoms with Crippen molar-refractivity contribution in [3.63, 3.8) is 0 Å². The van der Waals surface area contributed by atoms with E-state index < -0.39 is 15.7 Å². The fourth-order valence-corrected chi connectivity index (χ4v) is 3.65. The third kappa shape index (κ3) is 3.67. The van der Waals surface area contributed by atoms with Crippen LogP contribution in [-0.2, 0) is 9.84 Å². The molecule has 0 aliphatic carbocycles. The van der Waals surface area contributed by atoms with Crippen LogP contribution in [0.15, 0.2) is 79.5 Å². The first-order valence-corrected chi connectivity index (χ1v) is 9.63. The molecule has 0 atom stereocenters. The summed E-state index contributed by atoms with van der Waals surface area (Å²) in [6.45, 7) is 1.86. The molecule has 1 N–H and O–H groups in total. The molecule has 1 heterocycles. The van der Waals surface area contributed by atoms with Gasteiger partial charge in [0, 0.05) is 10.2 Å². The van der Waals surface area contributed by atoms with E-state index in [9.17, 15) is 13.2 Å². The maximum atomic E-state index is 12.6. The zero-order chi connectivity index (χ0) is 18.0. The van der Waals surface area contributed by atoms with Gasteiger partial charge in [-0.05, 0) is 55.0 Å². The number of benzene rings is 2. The monoisotopic (exact) mass is 419 g/mol. The van der Waals surface area contributed by atoms with Gasteiger partial charge in [0.25, 0.3) is 5.91 Å². The number of aryl methyl sites for hydroxylation is 1. The molecule has 0 radical (unpaired) electrons. The van der Waals surface area contributed by atoms with E-state index in [2.05, 4.69) is 21.2 Å². The summed E-state index contributed by atoms with van der Waals surface area (Å²) in [5.41, 5.74) is 1.53. The van der Waals surface area contributed by atoms with Crippen molar-refractivity contribution >= 4 is 37.4 Å². The van der Waals surface area contributed by atoms with Crippen molar-refractivity contribution < 1.29 is 17.6 Å². The number of para-hydroxylation sites is 1. The highest BCUT2D eigenvalue weighted by atomic mass is 79.9. The molecule has 3 aromatic rings. The second-order valence-electron chi connectivity index (χ2n) is 5.35.